The van der Waals surface area contributed by atoms with Crippen LogP contribution in [0.15, 0.2) is 29.2 Å². The van der Waals surface area contributed by atoms with Crippen LogP contribution in [0.2, 0.25) is 5.02 Å². The Labute approximate surface area is 172 Å². The predicted octanol–water partition coefficient (Wildman–Crippen LogP) is 3.48. The van der Waals surface area contributed by atoms with Crippen molar-refractivity contribution in [2.45, 2.75) is 23.8 Å². The maximum atomic E-state index is 14.9. The summed E-state index contributed by atoms with van der Waals surface area (Å²) in [6.07, 6.45) is 0.742. The van der Waals surface area contributed by atoms with Crippen molar-refractivity contribution in [3.05, 3.63) is 46.9 Å². The van der Waals surface area contributed by atoms with E-state index in [0.29, 0.717) is 13.1 Å². The summed E-state index contributed by atoms with van der Waals surface area (Å²) in [5.41, 5.74) is -0.138. The van der Waals surface area contributed by atoms with Crippen molar-refractivity contribution in [1.29, 1.82) is 0 Å². The van der Waals surface area contributed by atoms with Crippen LogP contribution >= 0.6 is 11.6 Å². The molecule has 1 aromatic heterocycles. The molecule has 0 amide bonds. The lowest BCUT2D eigenvalue weighted by Crippen LogP contribution is -2.43. The molecule has 1 fully saturated rings. The maximum Gasteiger partial charge on any atom is 0.268 e. The zero-order valence-electron chi connectivity index (χ0n) is 16.0. The highest BCUT2D eigenvalue weighted by molar-refractivity contribution is 7.92. The van der Waals surface area contributed by atoms with Crippen molar-refractivity contribution in [2.75, 3.05) is 36.8 Å². The number of pyridine rings is 1. The second kappa shape index (κ2) is 7.66. The fourth-order valence-electron chi connectivity index (χ4n) is 3.21. The number of hydrogen-bond donors (Lipinski definition) is 1. The highest BCUT2D eigenvalue weighted by Crippen LogP contribution is 2.38. The van der Waals surface area contributed by atoms with Crippen LogP contribution in [-0.2, 0) is 10.0 Å². The molecule has 1 atom stereocenters. The van der Waals surface area contributed by atoms with Crippen LogP contribution in [0.4, 0.5) is 24.7 Å². The van der Waals surface area contributed by atoms with Crippen molar-refractivity contribution in [2.24, 2.45) is 0 Å². The van der Waals surface area contributed by atoms with Crippen LogP contribution in [0.5, 0.6) is 0 Å². The van der Waals surface area contributed by atoms with Gasteiger partial charge in [-0.05, 0) is 39.6 Å². The number of anilines is 2. The Morgan fingerprint density at radius 1 is 1.28 bits per heavy atom. The minimum Gasteiger partial charge on any atom is -0.368 e. The second-order valence-corrected chi connectivity index (χ2v) is 9.35. The molecule has 1 unspecified atom stereocenters. The van der Waals surface area contributed by atoms with Gasteiger partial charge in [0.2, 0.25) is 5.95 Å². The van der Waals surface area contributed by atoms with Crippen molar-refractivity contribution >= 4 is 33.1 Å². The number of rotatable bonds is 5. The molecule has 1 aliphatic heterocycles. The summed E-state index contributed by atoms with van der Waals surface area (Å²) in [4.78, 5) is 5.82. The molecule has 6 nitrogen and oxygen atoms in total. The summed E-state index contributed by atoms with van der Waals surface area (Å²) >= 11 is 6.09. The number of benzene rings is 1. The minimum absolute atomic E-state index is 0.0788. The molecule has 1 saturated heterocycles. The van der Waals surface area contributed by atoms with Gasteiger partial charge in [-0.25, -0.2) is 22.2 Å². The third kappa shape index (κ3) is 4.15. The third-order valence-electron chi connectivity index (χ3n) is 5.19. The number of aromatic nitrogens is 1. The van der Waals surface area contributed by atoms with E-state index in [-0.39, 0.29) is 11.2 Å². The summed E-state index contributed by atoms with van der Waals surface area (Å²) < 4.78 is 69.7. The molecular weight excluding hydrogens is 429 g/mol. The molecule has 11 heteroatoms. The minimum atomic E-state index is -4.73. The molecular formula is C18H20ClF3N4O2S. The Morgan fingerprint density at radius 2 is 1.97 bits per heavy atom. The molecule has 1 N–H and O–H groups in total. The molecule has 0 spiro atoms. The van der Waals surface area contributed by atoms with Gasteiger partial charge in [-0.15, -0.1) is 0 Å². The number of nitrogens with one attached hydrogen (secondary N) is 1. The zero-order valence-corrected chi connectivity index (χ0v) is 17.6. The molecule has 0 bridgehead atoms. The van der Waals surface area contributed by atoms with E-state index in [0.717, 1.165) is 24.6 Å². The topological polar surface area (TPSA) is 65.5 Å². The predicted molar refractivity (Wildman–Crippen MR) is 105 cm³/mol. The summed E-state index contributed by atoms with van der Waals surface area (Å²) in [5.74, 6) is -4.07. The summed E-state index contributed by atoms with van der Waals surface area (Å²) in [7, 11) is -0.909. The quantitative estimate of drug-likeness (QED) is 0.560. The standard InChI is InChI=1S/C18H20ClF3N4O2S/c1-18(25(2)3)7-8-26(10-18)12-9-11(20)17(16(22)15(12)19)29(27,28)24-14-6-4-5-13(21)23-14/h4-6,9H,7-8,10H2,1-3H3,(H,23,24). The molecule has 0 saturated carbocycles. The van der Waals surface area contributed by atoms with Gasteiger partial charge in [0.05, 0.1) is 5.69 Å². The lowest BCUT2D eigenvalue weighted by atomic mass is 10.0. The third-order valence-corrected chi connectivity index (χ3v) is 6.94. The first kappa shape index (κ1) is 21.7. The van der Waals surface area contributed by atoms with Crippen LogP contribution in [0.25, 0.3) is 0 Å². The largest absolute Gasteiger partial charge is 0.368 e. The van der Waals surface area contributed by atoms with Gasteiger partial charge in [-0.2, -0.15) is 4.39 Å². The fraction of sp³-hybridized carbons (Fsp3) is 0.389. The van der Waals surface area contributed by atoms with Crippen LogP contribution in [-0.4, -0.2) is 51.0 Å². The maximum absolute atomic E-state index is 14.9. The van der Waals surface area contributed by atoms with Gasteiger partial charge in [0.1, 0.15) is 16.7 Å². The Bertz CT molecular complexity index is 1050. The van der Waals surface area contributed by atoms with E-state index in [2.05, 4.69) is 4.98 Å². The number of sulfonamides is 1. The molecule has 1 aromatic carbocycles. The van der Waals surface area contributed by atoms with Crippen LogP contribution in [0.1, 0.15) is 13.3 Å². The van der Waals surface area contributed by atoms with E-state index in [9.17, 15) is 21.6 Å². The van der Waals surface area contributed by atoms with Crippen molar-refractivity contribution in [3.63, 3.8) is 0 Å². The van der Waals surface area contributed by atoms with Gasteiger partial charge in [0.25, 0.3) is 10.0 Å². The Kier molecular flexibility index (Phi) is 5.72. The van der Waals surface area contributed by atoms with E-state index in [1.807, 2.05) is 30.6 Å². The van der Waals surface area contributed by atoms with E-state index in [1.165, 1.54) is 6.07 Å². The number of nitrogens with zero attached hydrogens (tertiary/aromatic N) is 3. The first-order valence-electron chi connectivity index (χ1n) is 8.70. The van der Waals surface area contributed by atoms with E-state index in [4.69, 9.17) is 11.6 Å². The van der Waals surface area contributed by atoms with Gasteiger partial charge in [0.15, 0.2) is 10.7 Å². The molecule has 0 aliphatic carbocycles. The SMILES string of the molecule is CN(C)C1(C)CCN(c2cc(F)c(S(=O)(=O)Nc3cccc(F)n3)c(F)c2Cl)C1. The Balaban J connectivity index is 1.98. The average Bonchev–Trinajstić information content (AvgIpc) is 3.01. The molecule has 158 valence electrons. The normalized spacial score (nSPS) is 19.8. The molecule has 1 aliphatic rings. The van der Waals surface area contributed by atoms with Crippen LogP contribution < -0.4 is 9.62 Å². The molecule has 3 rings (SSSR count). The van der Waals surface area contributed by atoms with E-state index >= 15 is 0 Å². The van der Waals surface area contributed by atoms with Gasteiger partial charge in [-0.1, -0.05) is 17.7 Å². The van der Waals surface area contributed by atoms with E-state index < -0.39 is 43.3 Å². The number of hydrogen-bond acceptors (Lipinski definition) is 5. The fourth-order valence-corrected chi connectivity index (χ4v) is 4.68. The average molecular weight is 449 g/mol. The van der Waals surface area contributed by atoms with Crippen molar-refractivity contribution in [1.82, 2.24) is 9.88 Å². The van der Waals surface area contributed by atoms with Crippen molar-refractivity contribution < 1.29 is 21.6 Å². The number of likely N-dealkylation sites (N-methyl/N-ethyl adjacent to an activating group) is 1. The lowest BCUT2D eigenvalue weighted by molar-refractivity contribution is 0.198. The first-order chi connectivity index (χ1) is 13.4. The monoisotopic (exact) mass is 448 g/mol. The highest BCUT2D eigenvalue weighted by atomic mass is 35.5. The van der Waals surface area contributed by atoms with Crippen molar-refractivity contribution in [3.8, 4) is 0 Å². The molecule has 29 heavy (non-hydrogen) atoms. The van der Waals surface area contributed by atoms with Gasteiger partial charge < -0.3 is 9.80 Å². The summed E-state index contributed by atoms with van der Waals surface area (Å²) in [6.45, 7) is 2.99. The first-order valence-corrected chi connectivity index (χ1v) is 10.6. The molecule has 0 radical (unpaired) electrons. The van der Waals surface area contributed by atoms with Crippen LogP contribution in [0.3, 0.4) is 0 Å². The summed E-state index contributed by atoms with van der Waals surface area (Å²) in [5, 5.41) is -0.498. The summed E-state index contributed by atoms with van der Waals surface area (Å²) in [6, 6.07) is 4.26. The zero-order chi connectivity index (χ0) is 21.6. The second-order valence-electron chi connectivity index (χ2n) is 7.35. The number of halogens is 4. The molecule has 2 heterocycles. The van der Waals surface area contributed by atoms with Gasteiger partial charge in [0, 0.05) is 24.7 Å². The Morgan fingerprint density at radius 3 is 2.55 bits per heavy atom. The van der Waals surface area contributed by atoms with Gasteiger partial charge in [-0.3, -0.25) is 4.72 Å². The smallest absolute Gasteiger partial charge is 0.268 e. The highest BCUT2D eigenvalue weighted by Gasteiger charge is 2.38. The lowest BCUT2D eigenvalue weighted by Gasteiger charge is -2.32. The molecule has 2 aromatic rings. The van der Waals surface area contributed by atoms with E-state index in [1.54, 1.807) is 4.90 Å². The van der Waals surface area contributed by atoms with Crippen LogP contribution in [0, 0.1) is 17.6 Å². The van der Waals surface area contributed by atoms with Gasteiger partial charge >= 0.3 is 0 Å². The Hall–Kier alpha value is -2.04.